The molecule has 0 spiro atoms. The summed E-state index contributed by atoms with van der Waals surface area (Å²) in [6.07, 6.45) is 9.36. The minimum absolute atomic E-state index is 0. The summed E-state index contributed by atoms with van der Waals surface area (Å²) in [6.45, 7) is 19.9. The third-order valence-electron chi connectivity index (χ3n) is 8.01. The number of rotatable bonds is 2. The molecule has 0 aliphatic heterocycles. The molecule has 3 heteroatoms. The van der Waals surface area contributed by atoms with Gasteiger partial charge < -0.3 is 24.8 Å². The Morgan fingerprint density at radius 2 is 1.20 bits per heavy atom. The van der Waals surface area contributed by atoms with E-state index in [-0.39, 0.29) is 35.6 Å². The van der Waals surface area contributed by atoms with E-state index in [1.54, 1.807) is 0 Å². The van der Waals surface area contributed by atoms with E-state index in [9.17, 15) is 0 Å². The fourth-order valence-corrected chi connectivity index (χ4v) is 5.97. The van der Waals surface area contributed by atoms with Crippen LogP contribution in [0.1, 0.15) is 99.4 Å². The Morgan fingerprint density at radius 1 is 0.667 bits per heavy atom. The molecule has 0 unspecified atom stereocenters. The van der Waals surface area contributed by atoms with Crippen LogP contribution in [0.25, 0.3) is 11.1 Å². The maximum atomic E-state index is 3.67. The smallest absolute Gasteiger partial charge is 1.00 e. The van der Waals surface area contributed by atoms with E-state index in [2.05, 4.69) is 165 Å². The Bertz CT molecular complexity index is 1530. The van der Waals surface area contributed by atoms with E-state index < -0.39 is 0 Å². The first kappa shape index (κ1) is 38.9. The number of hydrogen-bond donors (Lipinski definition) is 0. The van der Waals surface area contributed by atoms with Gasteiger partial charge in [0.1, 0.15) is 0 Å². The van der Waals surface area contributed by atoms with Crippen LogP contribution in [0, 0.1) is 26.0 Å². The van der Waals surface area contributed by atoms with Crippen molar-refractivity contribution in [1.82, 2.24) is 0 Å². The SMILES string of the molecule is CC(C)(C)c1[c-]c2c(cc1)-c1ccc(C(C)(C)C)cc1C2.CC1=[C-]CC=C1.Cc1ccc([C](=[Zr+2])c2ccc(C)cc2)cc1.[Cl-].[Cl-]. The Balaban J connectivity index is 0.000000260. The van der Waals surface area contributed by atoms with Crippen molar-refractivity contribution in [3.05, 3.63) is 153 Å². The molecule has 0 bridgehead atoms. The minimum Gasteiger partial charge on any atom is -1.00 e. The Labute approximate surface area is 300 Å². The molecule has 0 nitrogen and oxygen atoms in total. The summed E-state index contributed by atoms with van der Waals surface area (Å²) >= 11 is 1.46. The molecule has 2 aliphatic carbocycles. The predicted molar refractivity (Wildman–Crippen MR) is 183 cm³/mol. The molecular formula is C42H46Cl2Zr-2. The number of allylic oxidation sites excluding steroid dienone is 4. The van der Waals surface area contributed by atoms with Crippen molar-refractivity contribution in [2.75, 3.05) is 0 Å². The molecule has 0 heterocycles. The third kappa shape index (κ3) is 10.6. The molecule has 234 valence electrons. The second-order valence-corrected chi connectivity index (χ2v) is 15.1. The average molecular weight is 713 g/mol. The van der Waals surface area contributed by atoms with Crippen LogP contribution in [0.5, 0.6) is 0 Å². The molecule has 2 aliphatic rings. The zero-order chi connectivity index (χ0) is 31.4. The van der Waals surface area contributed by atoms with Crippen molar-refractivity contribution >= 4 is 3.21 Å². The van der Waals surface area contributed by atoms with Crippen LogP contribution in [0.2, 0.25) is 0 Å². The molecule has 0 atom stereocenters. The molecule has 6 rings (SSSR count). The first-order chi connectivity index (χ1) is 20.2. The zero-order valence-corrected chi connectivity index (χ0v) is 32.3. The van der Waals surface area contributed by atoms with Crippen LogP contribution < -0.4 is 24.8 Å². The Hall–Kier alpha value is -2.31. The maximum absolute atomic E-state index is 3.67. The molecule has 0 fully saturated rings. The third-order valence-corrected chi connectivity index (χ3v) is 9.43. The van der Waals surface area contributed by atoms with Gasteiger partial charge in [0.05, 0.1) is 0 Å². The summed E-state index contributed by atoms with van der Waals surface area (Å²) in [5, 5.41) is 0. The largest absolute Gasteiger partial charge is 1.00 e. The van der Waals surface area contributed by atoms with Crippen molar-refractivity contribution in [2.45, 2.75) is 86.0 Å². The number of aryl methyl sites for hydroxylation is 2. The van der Waals surface area contributed by atoms with Crippen molar-refractivity contribution in [1.29, 1.82) is 0 Å². The summed E-state index contributed by atoms with van der Waals surface area (Å²) in [7, 11) is 0. The van der Waals surface area contributed by atoms with Crippen LogP contribution in [0.4, 0.5) is 0 Å². The van der Waals surface area contributed by atoms with E-state index in [0.717, 1.165) is 12.8 Å². The summed E-state index contributed by atoms with van der Waals surface area (Å²) in [4.78, 5) is 0. The summed E-state index contributed by atoms with van der Waals surface area (Å²) < 4.78 is 1.42. The van der Waals surface area contributed by atoms with Gasteiger partial charge in [0, 0.05) is 0 Å². The van der Waals surface area contributed by atoms with Gasteiger partial charge in [-0.15, -0.1) is 17.5 Å². The van der Waals surface area contributed by atoms with Crippen LogP contribution in [0.3, 0.4) is 0 Å². The predicted octanol–water partition coefficient (Wildman–Crippen LogP) is 4.78. The van der Waals surface area contributed by atoms with Gasteiger partial charge in [-0.3, -0.25) is 6.08 Å². The number of halogens is 2. The van der Waals surface area contributed by atoms with Gasteiger partial charge in [-0.1, -0.05) is 72.2 Å². The van der Waals surface area contributed by atoms with Crippen molar-refractivity contribution in [2.24, 2.45) is 0 Å². The molecule has 4 aromatic carbocycles. The van der Waals surface area contributed by atoms with Crippen LogP contribution >= 0.6 is 0 Å². The number of hydrogen-bond acceptors (Lipinski definition) is 0. The molecule has 4 aromatic rings. The van der Waals surface area contributed by atoms with Gasteiger partial charge in [-0.2, -0.15) is 29.8 Å². The van der Waals surface area contributed by atoms with E-state index in [4.69, 9.17) is 0 Å². The number of benzene rings is 4. The second kappa shape index (κ2) is 16.5. The molecule has 0 saturated heterocycles. The number of fused-ring (bicyclic) bond motifs is 3. The fraction of sp³-hybridized carbons (Fsp3) is 0.310. The minimum atomic E-state index is 0. The fourth-order valence-electron chi connectivity index (χ4n) is 5.15. The summed E-state index contributed by atoms with van der Waals surface area (Å²) in [5.74, 6) is 0. The molecule has 0 amide bonds. The molecule has 0 saturated carbocycles. The van der Waals surface area contributed by atoms with Crippen molar-refractivity contribution in [3.8, 4) is 11.1 Å². The Morgan fingerprint density at radius 3 is 1.62 bits per heavy atom. The van der Waals surface area contributed by atoms with E-state index in [0.29, 0.717) is 0 Å². The van der Waals surface area contributed by atoms with Crippen LogP contribution in [-0.2, 0) is 41.5 Å². The standard InChI is InChI=1S/C21H25.C15H14.C6H7.2ClH.Zr/c1-20(2,3)16-7-9-18-14(12-16)11-15-13-17(21(4,5)6)8-10-19(15)18;1-12-3-7-14(8-4-12)11-15-9-5-13(2)6-10-15;1-6-4-2-3-5-6;;;/h7-10,12H,11H2,1-6H3;3-10H,1-2H3;2,4H,3H2,1H3;2*1H;/q-1;;-1;;;+2/p-2. The quantitative estimate of drug-likeness (QED) is 0.232. The first-order valence-corrected chi connectivity index (χ1v) is 16.6. The van der Waals surface area contributed by atoms with E-state index >= 15 is 0 Å². The normalized spacial score (nSPS) is 12.6. The monoisotopic (exact) mass is 710 g/mol. The molecule has 45 heavy (non-hydrogen) atoms. The summed E-state index contributed by atoms with van der Waals surface area (Å²) in [5.41, 5.74) is 15.3. The first-order valence-electron chi connectivity index (χ1n) is 15.4. The van der Waals surface area contributed by atoms with Gasteiger partial charge in [0.15, 0.2) is 0 Å². The zero-order valence-electron chi connectivity index (χ0n) is 28.3. The van der Waals surface area contributed by atoms with E-state index in [1.165, 1.54) is 88.6 Å². The second-order valence-electron chi connectivity index (χ2n) is 13.9. The molecule has 0 N–H and O–H groups in total. The van der Waals surface area contributed by atoms with Crippen LogP contribution in [0.15, 0.2) is 96.6 Å². The van der Waals surface area contributed by atoms with E-state index in [1.807, 2.05) is 0 Å². The molecular weight excluding hydrogens is 667 g/mol. The average Bonchev–Trinajstić information content (AvgIpc) is 3.59. The summed E-state index contributed by atoms with van der Waals surface area (Å²) in [6, 6.07) is 32.7. The van der Waals surface area contributed by atoms with Gasteiger partial charge in [0.2, 0.25) is 0 Å². The topological polar surface area (TPSA) is 0 Å². The Kier molecular flexibility index (Phi) is 14.3. The van der Waals surface area contributed by atoms with Gasteiger partial charge >= 0.3 is 112 Å². The van der Waals surface area contributed by atoms with Gasteiger partial charge in [-0.05, 0) is 28.4 Å². The van der Waals surface area contributed by atoms with Crippen molar-refractivity contribution < 1.29 is 49.0 Å². The maximum Gasteiger partial charge on any atom is -1.00 e. The van der Waals surface area contributed by atoms with Gasteiger partial charge in [-0.25, -0.2) is 11.6 Å². The van der Waals surface area contributed by atoms with Gasteiger partial charge in [0.25, 0.3) is 0 Å². The van der Waals surface area contributed by atoms with Crippen molar-refractivity contribution in [3.63, 3.8) is 0 Å². The molecule has 0 radical (unpaired) electrons. The van der Waals surface area contributed by atoms with Crippen LogP contribution in [-0.4, -0.2) is 3.21 Å². The molecule has 0 aromatic heterocycles.